The van der Waals surface area contributed by atoms with Gasteiger partial charge in [-0.3, -0.25) is 71.9 Å². The van der Waals surface area contributed by atoms with Crippen molar-refractivity contribution in [3.05, 3.63) is 79.1 Å². The Morgan fingerprint density at radius 3 is 1.23 bits per heavy atom. The molecule has 0 radical (unpaired) electrons. The number of amides is 5. The summed E-state index contributed by atoms with van der Waals surface area (Å²) in [7, 11) is 2.45. The Morgan fingerprint density at radius 2 is 0.817 bits per heavy atom. The molecule has 36 nitrogen and oxygen atoms in total. The van der Waals surface area contributed by atoms with E-state index in [1.807, 2.05) is 0 Å². The highest BCUT2D eigenvalue weighted by Crippen LogP contribution is 2.41. The van der Waals surface area contributed by atoms with Crippen molar-refractivity contribution in [1.29, 1.82) is 0 Å². The molecule has 0 spiro atoms. The van der Waals surface area contributed by atoms with E-state index in [-0.39, 0.29) is 80.0 Å². The number of aromatic nitrogens is 7. The van der Waals surface area contributed by atoms with Gasteiger partial charge in [-0.15, -0.1) is 0 Å². The molecule has 4 heterocycles. The highest BCUT2D eigenvalue weighted by atomic mass is 33.1. The molecule has 0 aromatic carbocycles. The Hall–Kier alpha value is -10.4. The van der Waals surface area contributed by atoms with Crippen molar-refractivity contribution < 1.29 is 118 Å². The van der Waals surface area contributed by atoms with Crippen LogP contribution in [-0.4, -0.2) is 193 Å². The molecular formula is C66H88N12O24S2. The van der Waals surface area contributed by atoms with Crippen molar-refractivity contribution in [2.75, 3.05) is 5.75 Å². The van der Waals surface area contributed by atoms with E-state index in [1.165, 1.54) is 47.2 Å². The van der Waals surface area contributed by atoms with Crippen molar-refractivity contribution in [2.24, 2.45) is 5.41 Å². The van der Waals surface area contributed by atoms with Gasteiger partial charge in [0.25, 0.3) is 0 Å². The average molecular weight is 1500 g/mol. The van der Waals surface area contributed by atoms with Gasteiger partial charge in [0.1, 0.15) is 28.7 Å². The lowest BCUT2D eigenvalue weighted by Gasteiger charge is -2.37. The topological polar surface area (TPSA) is 594 Å². The quantitative estimate of drug-likeness (QED) is 0.0205. The van der Waals surface area contributed by atoms with Crippen LogP contribution < -0.4 is 26.6 Å². The number of carbonyl (C=O) groups excluding carboxylic acids is 8. The van der Waals surface area contributed by atoms with Crippen LogP contribution in [0.1, 0.15) is 215 Å². The lowest BCUT2D eigenvalue weighted by molar-refractivity contribution is -0.141. The van der Waals surface area contributed by atoms with Crippen LogP contribution in [0.25, 0.3) is 0 Å². The van der Waals surface area contributed by atoms with E-state index in [9.17, 15) is 118 Å². The minimum absolute atomic E-state index is 0.0376. The van der Waals surface area contributed by atoms with Crippen LogP contribution in [-0.2, 0) is 76.7 Å². The van der Waals surface area contributed by atoms with Gasteiger partial charge in [0, 0.05) is 137 Å². The van der Waals surface area contributed by atoms with Gasteiger partial charge < -0.3 is 87.2 Å². The lowest BCUT2D eigenvalue weighted by Crippen LogP contribution is -2.53. The summed E-state index contributed by atoms with van der Waals surface area (Å²) >= 11 is 0. The maximum Gasteiger partial charge on any atom is 0.303 e. The zero-order valence-corrected chi connectivity index (χ0v) is 58.7. The summed E-state index contributed by atoms with van der Waals surface area (Å²) in [5, 5.41) is 91.9. The van der Waals surface area contributed by atoms with E-state index >= 15 is 0 Å². The summed E-state index contributed by atoms with van der Waals surface area (Å²) in [5.41, 5.74) is -6.97. The zero-order chi connectivity index (χ0) is 77.0. The Kier molecular flexibility index (Phi) is 35.5. The van der Waals surface area contributed by atoms with Crippen LogP contribution >= 0.6 is 21.6 Å². The van der Waals surface area contributed by atoms with E-state index in [0.717, 1.165) is 18.9 Å². The fraction of sp³-hybridized carbons (Fsp3) is 0.545. The third-order valence-corrected chi connectivity index (χ3v) is 19.9. The number of carboxylic acids is 8. The summed E-state index contributed by atoms with van der Waals surface area (Å²) in [6.45, 7) is 1.24. The fourth-order valence-electron chi connectivity index (χ4n) is 11.9. The minimum atomic E-state index is -1.89. The maximum atomic E-state index is 14.9. The third-order valence-electron chi connectivity index (χ3n) is 17.6. The second-order valence-electron chi connectivity index (χ2n) is 25.5. The summed E-state index contributed by atoms with van der Waals surface area (Å²) in [4.78, 5) is 236. The fourth-order valence-corrected chi connectivity index (χ4v) is 13.8. The largest absolute Gasteiger partial charge is 0.481 e. The van der Waals surface area contributed by atoms with E-state index < -0.39 is 251 Å². The van der Waals surface area contributed by atoms with Crippen molar-refractivity contribution in [2.45, 2.75) is 220 Å². The molecule has 4 atom stereocenters. The summed E-state index contributed by atoms with van der Waals surface area (Å²) < 4.78 is 0. The first-order chi connectivity index (χ1) is 49.2. The molecule has 38 heteroatoms. The summed E-state index contributed by atoms with van der Waals surface area (Å²) in [5.74, 6) is -18.8. The molecule has 16 N–H and O–H groups in total. The number of aromatic amines is 3. The number of rotatable bonds is 56. The molecule has 0 saturated carbocycles. The van der Waals surface area contributed by atoms with Crippen LogP contribution in [0.5, 0.6) is 0 Å². The Balaban J connectivity index is 1.89. The molecule has 4 unspecified atom stereocenters. The molecule has 0 aliphatic carbocycles. The van der Waals surface area contributed by atoms with Crippen molar-refractivity contribution >= 4 is 116 Å². The van der Waals surface area contributed by atoms with Crippen LogP contribution in [0.3, 0.4) is 0 Å². The van der Waals surface area contributed by atoms with Crippen molar-refractivity contribution in [1.82, 2.24) is 61.5 Å². The van der Waals surface area contributed by atoms with Crippen LogP contribution in [0.4, 0.5) is 0 Å². The number of aliphatic carboxylic acids is 8. The van der Waals surface area contributed by atoms with E-state index in [1.54, 1.807) is 24.4 Å². The number of ketones is 3. The number of hydrogen-bond donors (Lipinski definition) is 16. The maximum absolute atomic E-state index is 14.9. The summed E-state index contributed by atoms with van der Waals surface area (Å²) in [6.07, 6.45) is -5.10. The molecule has 5 amide bonds. The number of nitrogens with zero attached hydrogens (tertiary/aromatic N) is 4. The number of Topliss-reactive ketones (excluding diaryl/α,β-unsaturated/α-hetero) is 3. The van der Waals surface area contributed by atoms with E-state index in [2.05, 4.69) is 61.5 Å². The molecule has 0 aliphatic rings. The first-order valence-corrected chi connectivity index (χ1v) is 35.5. The van der Waals surface area contributed by atoms with Gasteiger partial charge in [0.2, 0.25) is 29.5 Å². The predicted octanol–water partition coefficient (Wildman–Crippen LogP) is 4.98. The van der Waals surface area contributed by atoms with Gasteiger partial charge in [-0.25, -0.2) is 19.9 Å². The van der Waals surface area contributed by atoms with Crippen LogP contribution in [0, 0.1) is 5.41 Å². The van der Waals surface area contributed by atoms with Crippen LogP contribution in [0.15, 0.2) is 67.0 Å². The summed E-state index contributed by atoms with van der Waals surface area (Å²) in [6, 6.07) is 1.70. The first kappa shape index (κ1) is 86.0. The second kappa shape index (κ2) is 42.9. The zero-order valence-electron chi connectivity index (χ0n) is 57.0. The molecule has 568 valence electrons. The lowest BCUT2D eigenvalue weighted by atomic mass is 9.71. The van der Waals surface area contributed by atoms with Crippen molar-refractivity contribution in [3.63, 3.8) is 0 Å². The SMILES string of the molecule is CC(=O)CCC(CCC(=O)O)(CCC(=O)O)NC(=O)C(CC(=O)CCC(CCC(=O)NC(C(=O)CC(CCC(=O)O)(CCC(=O)O)CCC(=O)O)c1cnc[nH]1)(CCC(=O)NC(C(=O)NC(CCC(=O)O)(CCC(=O)O)CCC(=O)O)c1cnc[nH]1)NC(=O)CCSSc1ccccn1)c1cnc[nH]1. The monoisotopic (exact) mass is 1500 g/mol. The molecule has 0 fully saturated rings. The minimum Gasteiger partial charge on any atom is -0.481 e. The van der Waals surface area contributed by atoms with Gasteiger partial charge in [-0.05, 0) is 112 Å². The molecule has 4 aromatic heterocycles. The molecule has 104 heavy (non-hydrogen) atoms. The Labute approximate surface area is 602 Å². The van der Waals surface area contributed by atoms with Gasteiger partial charge in [0.05, 0.1) is 48.7 Å². The van der Waals surface area contributed by atoms with Gasteiger partial charge in [0.15, 0.2) is 5.78 Å². The van der Waals surface area contributed by atoms with Crippen molar-refractivity contribution in [3.8, 4) is 0 Å². The first-order valence-electron chi connectivity index (χ1n) is 33.1. The second-order valence-corrected chi connectivity index (χ2v) is 27.9. The van der Waals surface area contributed by atoms with Gasteiger partial charge >= 0.3 is 47.8 Å². The highest BCUT2D eigenvalue weighted by Gasteiger charge is 2.42. The standard InChI is InChI=1S/C66H88N12O24S2/c1-40(79)5-21-65(25-12-54(91)92,26-13-55(93)94)77-61(101)42(43-34-67-37-71-43)32-41(80)6-22-64(76-49(84)17-31-103-104-50-4-2-3-30-70-50,23-7-47(82)74-59(44-35-68-38-72-44)46(81)33-63(18-9-51(85)86,19-10-52(87)88)20-11-53(89)90)24-8-48(83)75-60(45-36-69-39-73-45)62(102)78-66(27-14-56(95)96,28-15-57(97)98)29-16-58(99)100/h2-4,30,34-39,42,59-60H,5-29,31-33H2,1H3,(H,67,71)(H,68,72)(H,69,73)(H,74,82)(H,75,83)(H,76,84)(H,77,101)(H,78,102)(H,85,86)(H,87,88)(H,89,90)(H,91,92)(H,93,94)(H,95,96)(H,97,98)(H,99,100). The Morgan fingerprint density at radius 1 is 0.433 bits per heavy atom. The molecule has 0 aliphatic heterocycles. The molecule has 0 bridgehead atoms. The third kappa shape index (κ3) is 31.9. The smallest absolute Gasteiger partial charge is 0.303 e. The number of imidazole rings is 3. The Bertz CT molecular complexity index is 3140. The van der Waals surface area contributed by atoms with Gasteiger partial charge in [-0.1, -0.05) is 16.9 Å². The number of nitrogens with one attached hydrogen (secondary N) is 8. The molecule has 4 aromatic rings. The molecule has 4 rings (SSSR count). The number of carbonyl (C=O) groups is 16. The van der Waals surface area contributed by atoms with E-state index in [4.69, 9.17) is 0 Å². The normalized spacial score (nSPS) is 13.0. The predicted molar refractivity (Wildman–Crippen MR) is 364 cm³/mol. The average Bonchev–Trinajstić information content (AvgIpc) is 0.959. The number of carboxylic acid groups (broad SMARTS) is 8. The van der Waals surface area contributed by atoms with Gasteiger partial charge in [-0.2, -0.15) is 0 Å². The number of H-pyrrole nitrogens is 3. The molecular weight excluding hydrogens is 1410 g/mol. The number of pyridine rings is 1. The van der Waals surface area contributed by atoms with Crippen LogP contribution in [0.2, 0.25) is 0 Å². The highest BCUT2D eigenvalue weighted by molar-refractivity contribution is 8.76. The van der Waals surface area contributed by atoms with E-state index in [0.29, 0.717) is 5.03 Å². The molecule has 0 saturated heterocycles. The number of hydrogen-bond acceptors (Lipinski definition) is 22.